The van der Waals surface area contributed by atoms with Crippen molar-refractivity contribution < 1.29 is 10.2 Å². The number of aliphatic hydroxyl groups is 1. The van der Waals surface area contributed by atoms with Crippen molar-refractivity contribution in [1.82, 2.24) is 0 Å². The van der Waals surface area contributed by atoms with E-state index in [9.17, 15) is 5.11 Å². The molecule has 0 heterocycles. The molecule has 1 rings (SSSR count). The molecule has 0 aromatic heterocycles. The molecule has 2 N–H and O–H groups in total. The molecule has 0 saturated carbocycles. The average molecular weight is 199 g/mol. The van der Waals surface area contributed by atoms with Crippen molar-refractivity contribution >= 4 is 17.7 Å². The molecule has 0 amide bonds. The minimum atomic E-state index is 0.0767. The van der Waals surface area contributed by atoms with E-state index in [0.29, 0.717) is 11.4 Å². The summed E-state index contributed by atoms with van der Waals surface area (Å²) in [6.07, 6.45) is 4.17. The monoisotopic (exact) mass is 198 g/mol. The molecule has 0 saturated heterocycles. The number of hydrogen-bond acceptors (Lipinski definition) is 2. The van der Waals surface area contributed by atoms with Crippen LogP contribution in [-0.2, 0) is 0 Å². The second-order valence-corrected chi connectivity index (χ2v) is 2.97. The molecule has 1 aromatic carbocycles. The SMILES string of the molecule is OCCC=Cc1cccc(O)c1Cl. The minimum Gasteiger partial charge on any atom is -0.506 e. The third kappa shape index (κ3) is 2.76. The lowest BCUT2D eigenvalue weighted by molar-refractivity contribution is 0.303. The highest BCUT2D eigenvalue weighted by atomic mass is 35.5. The third-order valence-corrected chi connectivity index (χ3v) is 2.01. The van der Waals surface area contributed by atoms with Crippen LogP contribution in [0, 0.1) is 0 Å². The quantitative estimate of drug-likeness (QED) is 0.783. The minimum absolute atomic E-state index is 0.0767. The smallest absolute Gasteiger partial charge is 0.134 e. The number of rotatable bonds is 3. The highest BCUT2D eigenvalue weighted by molar-refractivity contribution is 6.33. The molecule has 0 aliphatic heterocycles. The van der Waals surface area contributed by atoms with E-state index >= 15 is 0 Å². The number of hydrogen-bond donors (Lipinski definition) is 2. The Morgan fingerprint density at radius 2 is 2.15 bits per heavy atom. The molecule has 0 aliphatic rings. The lowest BCUT2D eigenvalue weighted by Crippen LogP contribution is -1.78. The first-order chi connectivity index (χ1) is 6.25. The van der Waals surface area contributed by atoms with Gasteiger partial charge in [0, 0.05) is 6.61 Å². The molecule has 0 aliphatic carbocycles. The van der Waals surface area contributed by atoms with Crippen molar-refractivity contribution in [2.75, 3.05) is 6.61 Å². The van der Waals surface area contributed by atoms with Crippen molar-refractivity contribution in [2.24, 2.45) is 0 Å². The Morgan fingerprint density at radius 1 is 1.38 bits per heavy atom. The molecule has 0 bridgehead atoms. The summed E-state index contributed by atoms with van der Waals surface area (Å²) in [6, 6.07) is 5.06. The largest absolute Gasteiger partial charge is 0.506 e. The predicted molar refractivity (Wildman–Crippen MR) is 53.9 cm³/mol. The molecule has 0 unspecified atom stereocenters. The summed E-state index contributed by atoms with van der Waals surface area (Å²) in [5, 5.41) is 18.1. The molecule has 0 spiro atoms. The highest BCUT2D eigenvalue weighted by Gasteiger charge is 2.00. The number of benzene rings is 1. The van der Waals surface area contributed by atoms with E-state index in [1.54, 1.807) is 24.3 Å². The Labute approximate surface area is 82.1 Å². The number of phenolic OH excluding ortho intramolecular Hbond substituents is 1. The summed E-state index contributed by atoms with van der Waals surface area (Å²) in [6.45, 7) is 0.118. The normalized spacial score (nSPS) is 10.9. The zero-order valence-electron chi connectivity index (χ0n) is 7.07. The van der Waals surface area contributed by atoms with Gasteiger partial charge in [0.1, 0.15) is 5.75 Å². The van der Waals surface area contributed by atoms with Gasteiger partial charge >= 0.3 is 0 Å². The van der Waals surface area contributed by atoms with Crippen LogP contribution in [-0.4, -0.2) is 16.8 Å². The number of phenols is 1. The van der Waals surface area contributed by atoms with Crippen molar-refractivity contribution in [3.8, 4) is 5.75 Å². The van der Waals surface area contributed by atoms with Crippen LogP contribution in [0.15, 0.2) is 24.3 Å². The van der Waals surface area contributed by atoms with Crippen LogP contribution in [0.3, 0.4) is 0 Å². The van der Waals surface area contributed by atoms with Crippen LogP contribution < -0.4 is 0 Å². The standard InChI is InChI=1S/C10H11ClO2/c11-10-8(4-1-2-7-12)5-3-6-9(10)13/h1,3-6,12-13H,2,7H2. The maximum absolute atomic E-state index is 9.24. The third-order valence-electron chi connectivity index (χ3n) is 1.60. The lowest BCUT2D eigenvalue weighted by atomic mass is 10.2. The average Bonchev–Trinajstić information content (AvgIpc) is 2.13. The fourth-order valence-corrected chi connectivity index (χ4v) is 1.14. The van der Waals surface area contributed by atoms with Crippen LogP contribution in [0.25, 0.3) is 6.08 Å². The van der Waals surface area contributed by atoms with Crippen molar-refractivity contribution in [3.63, 3.8) is 0 Å². The van der Waals surface area contributed by atoms with E-state index in [1.165, 1.54) is 6.07 Å². The highest BCUT2D eigenvalue weighted by Crippen LogP contribution is 2.27. The topological polar surface area (TPSA) is 40.5 Å². The molecule has 2 nitrogen and oxygen atoms in total. The summed E-state index contributed by atoms with van der Waals surface area (Å²) in [5.41, 5.74) is 0.759. The maximum Gasteiger partial charge on any atom is 0.134 e. The predicted octanol–water partition coefficient (Wildman–Crippen LogP) is 2.44. The van der Waals surface area contributed by atoms with E-state index in [1.807, 2.05) is 0 Å². The molecule has 0 radical (unpaired) electrons. The van der Waals surface area contributed by atoms with E-state index in [2.05, 4.69) is 0 Å². The van der Waals surface area contributed by atoms with Crippen molar-refractivity contribution in [3.05, 3.63) is 34.9 Å². The van der Waals surface area contributed by atoms with E-state index in [0.717, 1.165) is 5.56 Å². The first-order valence-electron chi connectivity index (χ1n) is 4.00. The Kier molecular flexibility index (Phi) is 3.80. The van der Waals surface area contributed by atoms with Gasteiger partial charge in [0.05, 0.1) is 5.02 Å². The molecule has 70 valence electrons. The van der Waals surface area contributed by atoms with Crippen LogP contribution in [0.2, 0.25) is 5.02 Å². The van der Waals surface area contributed by atoms with Gasteiger partial charge in [0.15, 0.2) is 0 Å². The Morgan fingerprint density at radius 3 is 2.85 bits per heavy atom. The van der Waals surface area contributed by atoms with Gasteiger partial charge in [0.2, 0.25) is 0 Å². The Hall–Kier alpha value is -0.990. The maximum atomic E-state index is 9.24. The number of aliphatic hydroxyl groups excluding tert-OH is 1. The summed E-state index contributed by atoms with van der Waals surface area (Å²) in [4.78, 5) is 0. The van der Waals surface area contributed by atoms with Gasteiger partial charge in [-0.2, -0.15) is 0 Å². The summed E-state index contributed by atoms with van der Waals surface area (Å²) in [5.74, 6) is 0.0767. The lowest BCUT2D eigenvalue weighted by Gasteiger charge is -1.99. The molecule has 3 heteroatoms. The molecule has 1 aromatic rings. The summed E-state index contributed by atoms with van der Waals surface area (Å²) < 4.78 is 0. The van der Waals surface area contributed by atoms with Gasteiger partial charge in [-0.05, 0) is 18.1 Å². The fraction of sp³-hybridized carbons (Fsp3) is 0.200. The van der Waals surface area contributed by atoms with Gasteiger partial charge in [-0.1, -0.05) is 35.9 Å². The zero-order valence-corrected chi connectivity index (χ0v) is 7.83. The van der Waals surface area contributed by atoms with E-state index in [-0.39, 0.29) is 12.4 Å². The number of aromatic hydroxyl groups is 1. The molecular weight excluding hydrogens is 188 g/mol. The first-order valence-corrected chi connectivity index (χ1v) is 4.38. The zero-order chi connectivity index (χ0) is 9.68. The molecule has 0 fully saturated rings. The number of halogens is 1. The first kappa shape index (κ1) is 10.1. The van der Waals surface area contributed by atoms with Crippen LogP contribution in [0.5, 0.6) is 5.75 Å². The van der Waals surface area contributed by atoms with E-state index in [4.69, 9.17) is 16.7 Å². The van der Waals surface area contributed by atoms with Gasteiger partial charge in [-0.3, -0.25) is 0 Å². The van der Waals surface area contributed by atoms with E-state index < -0.39 is 0 Å². The van der Waals surface area contributed by atoms with Crippen molar-refractivity contribution in [1.29, 1.82) is 0 Å². The second kappa shape index (κ2) is 4.90. The van der Waals surface area contributed by atoms with Gasteiger partial charge in [-0.15, -0.1) is 0 Å². The summed E-state index contributed by atoms with van der Waals surface area (Å²) >= 11 is 5.81. The second-order valence-electron chi connectivity index (χ2n) is 2.59. The van der Waals surface area contributed by atoms with Gasteiger partial charge in [-0.25, -0.2) is 0 Å². The molecular formula is C10H11ClO2. The van der Waals surface area contributed by atoms with Crippen molar-refractivity contribution in [2.45, 2.75) is 6.42 Å². The van der Waals surface area contributed by atoms with Gasteiger partial charge < -0.3 is 10.2 Å². The van der Waals surface area contributed by atoms with Crippen LogP contribution in [0.1, 0.15) is 12.0 Å². The molecule has 0 atom stereocenters. The fourth-order valence-electron chi connectivity index (χ4n) is 0.951. The Balaban J connectivity index is 2.83. The van der Waals surface area contributed by atoms with Crippen LogP contribution >= 0.6 is 11.6 Å². The van der Waals surface area contributed by atoms with Gasteiger partial charge in [0.25, 0.3) is 0 Å². The van der Waals surface area contributed by atoms with Crippen LogP contribution in [0.4, 0.5) is 0 Å². The Bertz CT molecular complexity index is 308. The summed E-state index contributed by atoms with van der Waals surface area (Å²) in [7, 11) is 0. The molecule has 13 heavy (non-hydrogen) atoms.